The number of ether oxygens (including phenoxy) is 1. The number of carbonyl (C=O) groups excluding carboxylic acids is 2. The second-order valence-electron chi connectivity index (χ2n) is 14.4. The molecule has 0 radical (unpaired) electrons. The Balaban J connectivity index is 1.02. The molecule has 7 rings (SSSR count). The van der Waals surface area contributed by atoms with E-state index in [4.69, 9.17) is 21.3 Å². The van der Waals surface area contributed by atoms with Crippen LogP contribution in [-0.2, 0) is 37.3 Å². The van der Waals surface area contributed by atoms with Crippen LogP contribution in [0.25, 0.3) is 22.2 Å². The number of hydrogen-bond donors (Lipinski definition) is 4. The number of halogens is 1. The third kappa shape index (κ3) is 9.53. The summed E-state index contributed by atoms with van der Waals surface area (Å²) in [5, 5.41) is 19.5. The second kappa shape index (κ2) is 18.2. The first-order valence-corrected chi connectivity index (χ1v) is 20.0. The number of pyridine rings is 1. The quantitative estimate of drug-likeness (QED) is 0.106. The van der Waals surface area contributed by atoms with E-state index >= 15 is 0 Å². The SMILES string of the molecule is CCc1nc2c(cnn2CC)c(NC2CCOCC2)c1CNC(=O)c1cccc(C(=O)NCc2cc(Cl)cc(-c3cccc(CN4CCCNCC4)c3)c2)c1. The van der Waals surface area contributed by atoms with Gasteiger partial charge in [-0.15, -0.1) is 0 Å². The highest BCUT2D eigenvalue weighted by atomic mass is 35.5. The number of nitrogens with one attached hydrogen (secondary N) is 4. The molecule has 0 bridgehead atoms. The number of nitrogens with zero attached hydrogens (tertiary/aromatic N) is 4. The van der Waals surface area contributed by atoms with E-state index in [0.29, 0.717) is 42.3 Å². The molecule has 5 aromatic rings. The normalized spacial score (nSPS) is 15.5. The summed E-state index contributed by atoms with van der Waals surface area (Å²) in [6, 6.07) is 21.6. The zero-order valence-corrected chi connectivity index (χ0v) is 32.6. The lowest BCUT2D eigenvalue weighted by molar-refractivity contribution is 0.0904. The molecule has 2 amide bonds. The van der Waals surface area contributed by atoms with E-state index in [1.54, 1.807) is 24.3 Å². The molecule has 11 nitrogen and oxygen atoms in total. The molecule has 0 spiro atoms. The molecule has 288 valence electrons. The Bertz CT molecular complexity index is 2120. The Morgan fingerprint density at radius 1 is 0.891 bits per heavy atom. The van der Waals surface area contributed by atoms with Gasteiger partial charge in [-0.3, -0.25) is 14.5 Å². The summed E-state index contributed by atoms with van der Waals surface area (Å²) in [6.07, 6.45) is 5.51. The van der Waals surface area contributed by atoms with Crippen molar-refractivity contribution in [1.29, 1.82) is 0 Å². The van der Waals surface area contributed by atoms with Gasteiger partial charge in [0, 0.05) is 85.9 Å². The van der Waals surface area contributed by atoms with E-state index in [0.717, 1.165) is 96.7 Å². The van der Waals surface area contributed by atoms with Crippen molar-refractivity contribution in [2.45, 2.75) is 71.8 Å². The average molecular weight is 763 g/mol. The summed E-state index contributed by atoms with van der Waals surface area (Å²) in [7, 11) is 0. The van der Waals surface area contributed by atoms with Gasteiger partial charge in [0.2, 0.25) is 0 Å². The Morgan fingerprint density at radius 3 is 2.44 bits per heavy atom. The van der Waals surface area contributed by atoms with Gasteiger partial charge < -0.3 is 26.0 Å². The number of anilines is 1. The minimum Gasteiger partial charge on any atom is -0.381 e. The first-order valence-electron chi connectivity index (χ1n) is 19.6. The lowest BCUT2D eigenvalue weighted by Crippen LogP contribution is -2.30. The molecule has 0 saturated carbocycles. The molecular formula is C43H51ClN8O3. The second-order valence-corrected chi connectivity index (χ2v) is 14.8. The van der Waals surface area contributed by atoms with E-state index in [2.05, 4.69) is 75.4 Å². The van der Waals surface area contributed by atoms with E-state index in [1.165, 1.54) is 5.56 Å². The number of amides is 2. The topological polar surface area (TPSA) is 125 Å². The molecule has 2 fully saturated rings. The molecule has 2 aliphatic heterocycles. The van der Waals surface area contributed by atoms with Crippen LogP contribution < -0.4 is 21.3 Å². The van der Waals surface area contributed by atoms with E-state index in [1.807, 2.05) is 23.0 Å². The first-order chi connectivity index (χ1) is 26.9. The van der Waals surface area contributed by atoms with Crippen molar-refractivity contribution >= 4 is 40.1 Å². The molecule has 0 unspecified atom stereocenters. The molecular weight excluding hydrogens is 712 g/mol. The van der Waals surface area contributed by atoms with Gasteiger partial charge in [0.05, 0.1) is 17.3 Å². The van der Waals surface area contributed by atoms with Gasteiger partial charge in [0.25, 0.3) is 11.8 Å². The smallest absolute Gasteiger partial charge is 0.251 e. The Morgan fingerprint density at radius 2 is 1.65 bits per heavy atom. The molecule has 2 aliphatic rings. The molecule has 12 heteroatoms. The van der Waals surface area contributed by atoms with Crippen LogP contribution in [0.5, 0.6) is 0 Å². The Hall–Kier alpha value is -4.81. The number of hydrogen-bond acceptors (Lipinski definition) is 8. The minimum absolute atomic E-state index is 0.250. The fourth-order valence-electron chi connectivity index (χ4n) is 7.54. The van der Waals surface area contributed by atoms with Crippen LogP contribution in [-0.4, -0.2) is 76.9 Å². The van der Waals surface area contributed by atoms with Crippen LogP contribution in [0.3, 0.4) is 0 Å². The molecule has 4 heterocycles. The van der Waals surface area contributed by atoms with Gasteiger partial charge in [0.1, 0.15) is 0 Å². The summed E-state index contributed by atoms with van der Waals surface area (Å²) >= 11 is 6.60. The molecule has 2 saturated heterocycles. The van der Waals surface area contributed by atoms with Gasteiger partial charge >= 0.3 is 0 Å². The van der Waals surface area contributed by atoms with Gasteiger partial charge in [0.15, 0.2) is 5.65 Å². The maximum atomic E-state index is 13.6. The zero-order chi connectivity index (χ0) is 38.1. The zero-order valence-electron chi connectivity index (χ0n) is 31.8. The standard InChI is InChI=1S/C43H51ClN8O3/c1-3-39-37(40(49-36-12-18-55-19-13-36)38-27-48-52(4-2)41(38)50-39)26-47-43(54)33-11-6-10-32(23-33)42(53)46-25-30-21-34(24-35(44)22-30)31-9-5-8-29(20-31)28-51-16-7-14-45-15-17-51/h5-6,8-11,20-24,27,36,45H,3-4,7,12-19,25-26,28H2,1-2H3,(H,46,53)(H,47,54)(H,49,50). The van der Waals surface area contributed by atoms with E-state index < -0.39 is 0 Å². The summed E-state index contributed by atoms with van der Waals surface area (Å²) in [6.45, 7) is 11.9. The maximum absolute atomic E-state index is 13.6. The number of rotatable bonds is 13. The number of carbonyl (C=O) groups is 2. The maximum Gasteiger partial charge on any atom is 0.251 e. The fraction of sp³-hybridized carbons (Fsp3) is 0.395. The first kappa shape index (κ1) is 38.5. The number of fused-ring (bicyclic) bond motifs is 1. The number of aromatic nitrogens is 3. The van der Waals surface area contributed by atoms with Crippen molar-refractivity contribution in [3.8, 4) is 11.1 Å². The van der Waals surface area contributed by atoms with E-state index in [-0.39, 0.29) is 30.9 Å². The Labute approximate surface area is 328 Å². The Kier molecular flexibility index (Phi) is 12.7. The van der Waals surface area contributed by atoms with Crippen LogP contribution in [0.1, 0.15) is 76.2 Å². The van der Waals surface area contributed by atoms with E-state index in [9.17, 15) is 9.59 Å². The van der Waals surface area contributed by atoms with Crippen molar-refractivity contribution < 1.29 is 14.3 Å². The third-order valence-electron chi connectivity index (χ3n) is 10.5. The van der Waals surface area contributed by atoms with Gasteiger partial charge in [-0.2, -0.15) is 5.10 Å². The molecule has 3 aromatic carbocycles. The number of aryl methyl sites for hydroxylation is 2. The lowest BCUT2D eigenvalue weighted by atomic mass is 10.0. The highest BCUT2D eigenvalue weighted by molar-refractivity contribution is 6.31. The van der Waals surface area contributed by atoms with Crippen LogP contribution >= 0.6 is 11.6 Å². The predicted octanol–water partition coefficient (Wildman–Crippen LogP) is 6.58. The summed E-state index contributed by atoms with van der Waals surface area (Å²) in [4.78, 5) is 34.5. The largest absolute Gasteiger partial charge is 0.381 e. The van der Waals surface area contributed by atoms with Gasteiger partial charge in [-0.1, -0.05) is 42.8 Å². The lowest BCUT2D eigenvalue weighted by Gasteiger charge is -2.26. The summed E-state index contributed by atoms with van der Waals surface area (Å²) < 4.78 is 7.51. The van der Waals surface area contributed by atoms with Crippen LogP contribution in [0.4, 0.5) is 5.69 Å². The molecule has 2 aromatic heterocycles. The molecule has 55 heavy (non-hydrogen) atoms. The van der Waals surface area contributed by atoms with Crippen molar-refractivity contribution in [3.63, 3.8) is 0 Å². The summed E-state index contributed by atoms with van der Waals surface area (Å²) in [5.74, 6) is -0.545. The summed E-state index contributed by atoms with van der Waals surface area (Å²) in [5.41, 5.74) is 8.70. The average Bonchev–Trinajstić information content (AvgIpc) is 3.46. The number of benzene rings is 3. The highest BCUT2D eigenvalue weighted by Crippen LogP contribution is 2.32. The van der Waals surface area contributed by atoms with Crippen molar-refractivity contribution in [3.05, 3.63) is 111 Å². The predicted molar refractivity (Wildman–Crippen MR) is 218 cm³/mol. The third-order valence-corrected chi connectivity index (χ3v) is 10.7. The monoisotopic (exact) mass is 762 g/mol. The van der Waals surface area contributed by atoms with Gasteiger partial charge in [-0.25, -0.2) is 9.67 Å². The minimum atomic E-state index is -0.274. The highest BCUT2D eigenvalue weighted by Gasteiger charge is 2.22. The van der Waals surface area contributed by atoms with Crippen molar-refractivity contribution in [1.82, 2.24) is 35.6 Å². The fourth-order valence-corrected chi connectivity index (χ4v) is 7.80. The van der Waals surface area contributed by atoms with Crippen LogP contribution in [0, 0.1) is 0 Å². The van der Waals surface area contributed by atoms with Crippen molar-refractivity contribution in [2.24, 2.45) is 0 Å². The van der Waals surface area contributed by atoms with Crippen LogP contribution in [0.2, 0.25) is 5.02 Å². The molecule has 4 N–H and O–H groups in total. The van der Waals surface area contributed by atoms with Crippen LogP contribution in [0.15, 0.2) is 72.9 Å². The van der Waals surface area contributed by atoms with Crippen molar-refractivity contribution in [2.75, 3.05) is 44.7 Å². The van der Waals surface area contributed by atoms with Gasteiger partial charge in [-0.05, 0) is 110 Å². The molecule has 0 aliphatic carbocycles. The molecule has 0 atom stereocenters.